The third-order valence-corrected chi connectivity index (χ3v) is 7.80. The van der Waals surface area contributed by atoms with Gasteiger partial charge in [-0.1, -0.05) is 24.3 Å². The number of Topliss-reactive ketones (excluding diaryl/α,β-unsaturated/α-hetero) is 1. The Kier molecular flexibility index (Phi) is 11.5. The van der Waals surface area contributed by atoms with Gasteiger partial charge in [0.2, 0.25) is 0 Å². The van der Waals surface area contributed by atoms with Crippen LogP contribution in [-0.2, 0) is 36.6 Å². The number of rotatable bonds is 14. The van der Waals surface area contributed by atoms with Crippen LogP contribution in [0.3, 0.4) is 0 Å². The number of carbonyl (C=O) groups excluding carboxylic acids is 1. The smallest absolute Gasteiger partial charge is 0.187 e. The molecular formula is C30H40O13. The number of aryl methyl sites for hydroxylation is 2. The molecule has 2 aliphatic heterocycles. The minimum atomic E-state index is -2.01. The molecule has 2 heterocycles. The van der Waals surface area contributed by atoms with Crippen molar-refractivity contribution in [1.29, 1.82) is 0 Å². The van der Waals surface area contributed by atoms with Crippen LogP contribution in [0.25, 0.3) is 0 Å². The van der Waals surface area contributed by atoms with Crippen LogP contribution in [0.5, 0.6) is 11.5 Å². The molecule has 0 aliphatic carbocycles. The van der Waals surface area contributed by atoms with Crippen LogP contribution in [0, 0.1) is 0 Å². The lowest BCUT2D eigenvalue weighted by molar-refractivity contribution is -0.343. The average Bonchev–Trinajstić information content (AvgIpc) is 3.29. The third-order valence-electron chi connectivity index (χ3n) is 7.80. The molecular weight excluding hydrogens is 568 g/mol. The van der Waals surface area contributed by atoms with E-state index in [0.29, 0.717) is 19.3 Å². The highest BCUT2D eigenvalue weighted by Crippen LogP contribution is 2.32. The molecule has 2 fully saturated rings. The summed E-state index contributed by atoms with van der Waals surface area (Å²) in [6.07, 6.45) is -10.2. The van der Waals surface area contributed by atoms with Crippen molar-refractivity contribution in [2.45, 2.75) is 86.9 Å². The molecule has 9 atom stereocenters. The van der Waals surface area contributed by atoms with Gasteiger partial charge in [-0.15, -0.1) is 0 Å². The van der Waals surface area contributed by atoms with Crippen molar-refractivity contribution in [3.8, 4) is 11.5 Å². The molecule has 4 rings (SSSR count). The molecule has 0 aromatic heterocycles. The lowest BCUT2D eigenvalue weighted by Crippen LogP contribution is -2.62. The zero-order chi connectivity index (χ0) is 31.1. The van der Waals surface area contributed by atoms with Gasteiger partial charge in [-0.2, -0.15) is 0 Å². The van der Waals surface area contributed by atoms with E-state index in [2.05, 4.69) is 0 Å². The summed E-state index contributed by atoms with van der Waals surface area (Å²) >= 11 is 0. The van der Waals surface area contributed by atoms with Crippen molar-refractivity contribution in [2.24, 2.45) is 0 Å². The molecule has 0 saturated carbocycles. The van der Waals surface area contributed by atoms with E-state index in [0.717, 1.165) is 11.1 Å². The Morgan fingerprint density at radius 3 is 2.07 bits per heavy atom. The normalized spacial score (nSPS) is 31.6. The zero-order valence-corrected chi connectivity index (χ0v) is 23.5. The van der Waals surface area contributed by atoms with Gasteiger partial charge < -0.3 is 59.8 Å². The first-order valence-corrected chi connectivity index (χ1v) is 14.2. The van der Waals surface area contributed by atoms with Gasteiger partial charge in [0.15, 0.2) is 12.6 Å². The summed E-state index contributed by atoms with van der Waals surface area (Å²) in [7, 11) is 0. The first-order chi connectivity index (χ1) is 20.5. The van der Waals surface area contributed by atoms with Gasteiger partial charge in [0.25, 0.3) is 0 Å². The number of ketones is 1. The summed E-state index contributed by atoms with van der Waals surface area (Å²) in [6, 6.07) is 13.0. The lowest BCUT2D eigenvalue weighted by Gasteiger charge is -2.43. The van der Waals surface area contributed by atoms with Gasteiger partial charge in [-0.25, -0.2) is 0 Å². The molecule has 9 unspecified atom stereocenters. The van der Waals surface area contributed by atoms with E-state index in [4.69, 9.17) is 18.9 Å². The second-order valence-electron chi connectivity index (χ2n) is 11.1. The predicted molar refractivity (Wildman–Crippen MR) is 148 cm³/mol. The molecule has 13 heteroatoms. The number of benzene rings is 2. The predicted octanol–water partition coefficient (Wildman–Crippen LogP) is -0.728. The number of aromatic hydroxyl groups is 2. The van der Waals surface area contributed by atoms with Crippen LogP contribution in [0.4, 0.5) is 0 Å². The molecule has 2 saturated heterocycles. The third kappa shape index (κ3) is 8.48. The Balaban J connectivity index is 1.50. The molecule has 8 N–H and O–H groups in total. The highest BCUT2D eigenvalue weighted by atomic mass is 16.8. The molecule has 0 amide bonds. The fourth-order valence-corrected chi connectivity index (χ4v) is 5.08. The molecule has 13 nitrogen and oxygen atoms in total. The fourth-order valence-electron chi connectivity index (χ4n) is 5.08. The lowest BCUT2D eigenvalue weighted by atomic mass is 9.97. The van der Waals surface area contributed by atoms with Gasteiger partial charge in [0, 0.05) is 12.8 Å². The number of aliphatic hydroxyl groups excluding tert-OH is 5. The minimum absolute atomic E-state index is 0.0575. The van der Waals surface area contributed by atoms with Crippen molar-refractivity contribution in [2.75, 3.05) is 19.8 Å². The molecule has 2 aromatic carbocycles. The Morgan fingerprint density at radius 1 is 0.907 bits per heavy atom. The Morgan fingerprint density at radius 2 is 1.51 bits per heavy atom. The second kappa shape index (κ2) is 14.9. The standard InChI is InChI=1S/C30H40O13/c31-14-23-24(36)25(37)26(43-29-27(38)30(39,15-32)16-40-29)28(42-23)41-22(12-6-18-3-9-20(34)10-4-18)13-21(35)11-5-17-1-7-19(33)8-2-17/h1-4,7-10,22-29,31-34,36-39H,5-6,11-16H2. The van der Waals surface area contributed by atoms with Crippen molar-refractivity contribution < 1.29 is 64.6 Å². The first-order valence-electron chi connectivity index (χ1n) is 14.2. The minimum Gasteiger partial charge on any atom is -0.508 e. The van der Waals surface area contributed by atoms with E-state index in [1.807, 2.05) is 0 Å². The summed E-state index contributed by atoms with van der Waals surface area (Å²) in [4.78, 5) is 13.1. The Labute approximate surface area is 248 Å². The summed E-state index contributed by atoms with van der Waals surface area (Å²) in [5.41, 5.74) is -0.294. The van der Waals surface area contributed by atoms with Crippen LogP contribution in [0.2, 0.25) is 0 Å². The van der Waals surface area contributed by atoms with Gasteiger partial charge in [0.1, 0.15) is 53.4 Å². The Hall–Kier alpha value is -2.69. The monoisotopic (exact) mass is 608 g/mol. The number of carbonyl (C=O) groups is 1. The van der Waals surface area contributed by atoms with E-state index in [1.165, 1.54) is 24.3 Å². The van der Waals surface area contributed by atoms with Crippen LogP contribution in [-0.4, -0.2) is 121 Å². The van der Waals surface area contributed by atoms with E-state index < -0.39 is 74.6 Å². The quantitative estimate of drug-likeness (QED) is 0.133. The molecule has 0 radical (unpaired) electrons. The van der Waals surface area contributed by atoms with Gasteiger partial charge in [-0.3, -0.25) is 4.79 Å². The average molecular weight is 609 g/mol. The van der Waals surface area contributed by atoms with E-state index in [-0.39, 0.29) is 30.1 Å². The molecule has 0 bridgehead atoms. The number of phenols is 2. The zero-order valence-electron chi connectivity index (χ0n) is 23.5. The number of phenolic OH excluding ortho intramolecular Hbond substituents is 2. The molecule has 238 valence electrons. The SMILES string of the molecule is O=C(CCc1ccc(O)cc1)CC(CCc1ccc(O)cc1)OC1OC(CO)C(O)C(O)C1OC1OCC(O)(CO)C1O. The highest BCUT2D eigenvalue weighted by Gasteiger charge is 2.53. The van der Waals surface area contributed by atoms with Crippen molar-refractivity contribution in [1.82, 2.24) is 0 Å². The maximum Gasteiger partial charge on any atom is 0.187 e. The van der Waals surface area contributed by atoms with E-state index >= 15 is 0 Å². The summed E-state index contributed by atoms with van der Waals surface area (Å²) in [5.74, 6) is 0.0783. The molecule has 2 aliphatic rings. The fraction of sp³-hybridized carbons (Fsp3) is 0.567. The van der Waals surface area contributed by atoms with Crippen LogP contribution >= 0.6 is 0 Å². The van der Waals surface area contributed by atoms with Crippen LogP contribution < -0.4 is 0 Å². The number of ether oxygens (including phenoxy) is 4. The van der Waals surface area contributed by atoms with E-state index in [9.17, 15) is 45.6 Å². The number of hydrogen-bond acceptors (Lipinski definition) is 13. The van der Waals surface area contributed by atoms with Gasteiger partial charge in [0.05, 0.1) is 25.9 Å². The van der Waals surface area contributed by atoms with Gasteiger partial charge in [-0.05, 0) is 54.7 Å². The highest BCUT2D eigenvalue weighted by molar-refractivity contribution is 5.79. The van der Waals surface area contributed by atoms with Gasteiger partial charge >= 0.3 is 0 Å². The molecule has 43 heavy (non-hydrogen) atoms. The summed E-state index contributed by atoms with van der Waals surface area (Å²) in [5, 5.41) is 80.5. The second-order valence-corrected chi connectivity index (χ2v) is 11.1. The number of aliphatic hydroxyl groups is 6. The van der Waals surface area contributed by atoms with Crippen molar-refractivity contribution in [3.05, 3.63) is 59.7 Å². The van der Waals surface area contributed by atoms with Crippen LogP contribution in [0.1, 0.15) is 30.4 Å². The van der Waals surface area contributed by atoms with Crippen molar-refractivity contribution in [3.63, 3.8) is 0 Å². The molecule has 0 spiro atoms. The summed E-state index contributed by atoms with van der Waals surface area (Å²) in [6.45, 7) is -1.95. The first kappa shape index (κ1) is 33.2. The van der Waals surface area contributed by atoms with Crippen LogP contribution in [0.15, 0.2) is 48.5 Å². The molecule has 2 aromatic rings. The maximum absolute atomic E-state index is 13.1. The largest absolute Gasteiger partial charge is 0.508 e. The summed E-state index contributed by atoms with van der Waals surface area (Å²) < 4.78 is 23.0. The van der Waals surface area contributed by atoms with E-state index in [1.54, 1.807) is 24.3 Å². The maximum atomic E-state index is 13.1. The topological polar surface area (TPSA) is 216 Å². The Bertz CT molecular complexity index is 1160. The van der Waals surface area contributed by atoms with Crippen molar-refractivity contribution >= 4 is 5.78 Å². The number of hydrogen-bond donors (Lipinski definition) is 8.